The summed E-state index contributed by atoms with van der Waals surface area (Å²) in [5, 5.41) is 22.1. The molecule has 1 aliphatic heterocycles. The van der Waals surface area contributed by atoms with Crippen LogP contribution in [0.5, 0.6) is 0 Å². The number of nitriles is 1. The van der Waals surface area contributed by atoms with Crippen LogP contribution in [0.2, 0.25) is 0 Å². The average molecular weight is 333 g/mol. The molecular formula is C18H19N7. The van der Waals surface area contributed by atoms with Crippen molar-refractivity contribution in [2.45, 2.75) is 13.8 Å². The SMILES string of the molecule is Cc1nn2cnnc2c(N2CCN(c3ccccc3C#N)CC2)c1C. The largest absolute Gasteiger partial charge is 0.367 e. The Labute approximate surface area is 146 Å². The average Bonchev–Trinajstić information content (AvgIpc) is 3.10. The summed E-state index contributed by atoms with van der Waals surface area (Å²) in [4.78, 5) is 4.62. The van der Waals surface area contributed by atoms with E-state index in [1.54, 1.807) is 10.8 Å². The van der Waals surface area contributed by atoms with Crippen molar-refractivity contribution in [3.8, 4) is 6.07 Å². The number of aryl methyl sites for hydroxylation is 1. The van der Waals surface area contributed by atoms with E-state index in [0.717, 1.165) is 60.0 Å². The number of piperazine rings is 1. The van der Waals surface area contributed by atoms with Crippen LogP contribution in [0.3, 0.4) is 0 Å². The van der Waals surface area contributed by atoms with Crippen molar-refractivity contribution in [3.63, 3.8) is 0 Å². The van der Waals surface area contributed by atoms with E-state index >= 15 is 0 Å². The lowest BCUT2D eigenvalue weighted by molar-refractivity contribution is 0.650. The van der Waals surface area contributed by atoms with Gasteiger partial charge < -0.3 is 9.80 Å². The Kier molecular flexibility index (Phi) is 3.73. The zero-order valence-corrected chi connectivity index (χ0v) is 14.3. The number of hydrogen-bond donors (Lipinski definition) is 0. The Morgan fingerprint density at radius 2 is 1.76 bits per heavy atom. The molecule has 2 aromatic heterocycles. The van der Waals surface area contributed by atoms with Gasteiger partial charge in [-0.1, -0.05) is 12.1 Å². The third-order valence-electron chi connectivity index (χ3n) is 4.86. The predicted octanol–water partition coefficient (Wildman–Crippen LogP) is 1.94. The second-order valence-corrected chi connectivity index (χ2v) is 6.26. The third-order valence-corrected chi connectivity index (χ3v) is 4.86. The van der Waals surface area contributed by atoms with Gasteiger partial charge in [-0.15, -0.1) is 10.2 Å². The zero-order chi connectivity index (χ0) is 17.4. The molecule has 0 saturated carbocycles. The number of rotatable bonds is 2. The van der Waals surface area contributed by atoms with Crippen LogP contribution in [0.1, 0.15) is 16.8 Å². The highest BCUT2D eigenvalue weighted by atomic mass is 15.4. The van der Waals surface area contributed by atoms with Crippen molar-refractivity contribution < 1.29 is 0 Å². The standard InChI is InChI=1S/C18H19N7/c1-13-14(2)22-25-12-20-21-18(25)17(13)24-9-7-23(8-10-24)16-6-4-3-5-15(16)11-19/h3-6,12H,7-10H2,1-2H3. The Bertz CT molecular complexity index is 961. The predicted molar refractivity (Wildman–Crippen MR) is 95.8 cm³/mol. The van der Waals surface area contributed by atoms with Crippen molar-refractivity contribution in [1.82, 2.24) is 19.8 Å². The second kappa shape index (κ2) is 6.06. The molecule has 3 aromatic rings. The lowest BCUT2D eigenvalue weighted by Crippen LogP contribution is -2.47. The number of anilines is 2. The molecule has 1 saturated heterocycles. The number of benzene rings is 1. The molecule has 0 aliphatic carbocycles. The first-order valence-corrected chi connectivity index (χ1v) is 8.35. The first-order chi connectivity index (χ1) is 12.2. The summed E-state index contributed by atoms with van der Waals surface area (Å²) in [5.74, 6) is 0. The van der Waals surface area contributed by atoms with Crippen molar-refractivity contribution in [1.29, 1.82) is 5.26 Å². The molecule has 7 heteroatoms. The Morgan fingerprint density at radius 3 is 2.52 bits per heavy atom. The number of para-hydroxylation sites is 1. The van der Waals surface area contributed by atoms with Crippen molar-refractivity contribution >= 4 is 17.0 Å². The normalized spacial score (nSPS) is 14.8. The van der Waals surface area contributed by atoms with E-state index in [4.69, 9.17) is 0 Å². The highest BCUT2D eigenvalue weighted by Crippen LogP contribution is 2.28. The molecule has 1 fully saturated rings. The summed E-state index contributed by atoms with van der Waals surface area (Å²) in [6.07, 6.45) is 1.64. The zero-order valence-electron chi connectivity index (χ0n) is 14.3. The number of fused-ring (bicyclic) bond motifs is 1. The quantitative estimate of drug-likeness (QED) is 0.713. The van der Waals surface area contributed by atoms with E-state index in [-0.39, 0.29) is 0 Å². The van der Waals surface area contributed by atoms with E-state index in [0.29, 0.717) is 0 Å². The van der Waals surface area contributed by atoms with Gasteiger partial charge in [-0.25, -0.2) is 0 Å². The van der Waals surface area contributed by atoms with Crippen molar-refractivity contribution in [2.75, 3.05) is 36.0 Å². The van der Waals surface area contributed by atoms with Gasteiger partial charge in [0.05, 0.1) is 22.6 Å². The molecule has 0 radical (unpaired) electrons. The lowest BCUT2D eigenvalue weighted by atomic mass is 10.1. The van der Waals surface area contributed by atoms with E-state index in [1.165, 1.54) is 0 Å². The molecule has 126 valence electrons. The maximum Gasteiger partial charge on any atom is 0.201 e. The molecule has 0 unspecified atom stereocenters. The fourth-order valence-electron chi connectivity index (χ4n) is 3.43. The van der Waals surface area contributed by atoms with Gasteiger partial charge in [0.15, 0.2) is 0 Å². The first kappa shape index (κ1) is 15.4. The molecule has 3 heterocycles. The summed E-state index contributed by atoms with van der Waals surface area (Å²) in [6, 6.07) is 10.1. The highest BCUT2D eigenvalue weighted by molar-refractivity contribution is 5.73. The van der Waals surface area contributed by atoms with Crippen LogP contribution in [0.25, 0.3) is 5.65 Å². The van der Waals surface area contributed by atoms with Crippen LogP contribution < -0.4 is 9.80 Å². The molecule has 0 N–H and O–H groups in total. The molecule has 1 aliphatic rings. The van der Waals surface area contributed by atoms with Gasteiger partial charge in [-0.3, -0.25) is 0 Å². The van der Waals surface area contributed by atoms with E-state index in [9.17, 15) is 5.26 Å². The van der Waals surface area contributed by atoms with Gasteiger partial charge in [-0.2, -0.15) is 14.9 Å². The third kappa shape index (κ3) is 2.56. The van der Waals surface area contributed by atoms with Crippen LogP contribution in [0.4, 0.5) is 11.4 Å². The van der Waals surface area contributed by atoms with Crippen LogP contribution in [0.15, 0.2) is 30.6 Å². The topological polar surface area (TPSA) is 73.3 Å². The minimum absolute atomic E-state index is 0.728. The number of nitrogens with zero attached hydrogens (tertiary/aromatic N) is 7. The molecule has 0 atom stereocenters. The van der Waals surface area contributed by atoms with E-state index in [2.05, 4.69) is 38.1 Å². The van der Waals surface area contributed by atoms with Gasteiger partial charge in [0.1, 0.15) is 12.4 Å². The van der Waals surface area contributed by atoms with Gasteiger partial charge >= 0.3 is 0 Å². The smallest absolute Gasteiger partial charge is 0.201 e. The van der Waals surface area contributed by atoms with Gasteiger partial charge in [0.2, 0.25) is 5.65 Å². The molecule has 4 rings (SSSR count). The minimum atomic E-state index is 0.728. The molecular weight excluding hydrogens is 314 g/mol. The van der Waals surface area contributed by atoms with Gasteiger partial charge in [0, 0.05) is 26.2 Å². The lowest BCUT2D eigenvalue weighted by Gasteiger charge is -2.38. The van der Waals surface area contributed by atoms with E-state index in [1.807, 2.05) is 31.2 Å². The summed E-state index contributed by atoms with van der Waals surface area (Å²) in [5.41, 5.74) is 5.78. The van der Waals surface area contributed by atoms with Crippen LogP contribution in [-0.2, 0) is 0 Å². The van der Waals surface area contributed by atoms with Crippen LogP contribution in [-0.4, -0.2) is 46.0 Å². The fourth-order valence-corrected chi connectivity index (χ4v) is 3.43. The molecule has 0 amide bonds. The Balaban J connectivity index is 1.62. The van der Waals surface area contributed by atoms with Crippen molar-refractivity contribution in [3.05, 3.63) is 47.4 Å². The maximum atomic E-state index is 9.33. The van der Waals surface area contributed by atoms with Gasteiger partial charge in [0.25, 0.3) is 0 Å². The molecule has 7 nitrogen and oxygen atoms in total. The van der Waals surface area contributed by atoms with Crippen LogP contribution in [0, 0.1) is 25.2 Å². The molecule has 0 bridgehead atoms. The summed E-state index contributed by atoms with van der Waals surface area (Å²) in [7, 11) is 0. The van der Waals surface area contributed by atoms with E-state index < -0.39 is 0 Å². The van der Waals surface area contributed by atoms with Gasteiger partial charge in [-0.05, 0) is 31.5 Å². The second-order valence-electron chi connectivity index (χ2n) is 6.26. The maximum absolute atomic E-state index is 9.33. The monoisotopic (exact) mass is 333 g/mol. The summed E-state index contributed by atoms with van der Waals surface area (Å²) in [6.45, 7) is 7.56. The number of aromatic nitrogens is 4. The molecule has 1 aromatic carbocycles. The summed E-state index contributed by atoms with van der Waals surface area (Å²) >= 11 is 0. The highest BCUT2D eigenvalue weighted by Gasteiger charge is 2.24. The number of hydrogen-bond acceptors (Lipinski definition) is 6. The fraction of sp³-hybridized carbons (Fsp3) is 0.333. The van der Waals surface area contributed by atoms with Crippen LogP contribution >= 0.6 is 0 Å². The summed E-state index contributed by atoms with van der Waals surface area (Å²) < 4.78 is 1.75. The Hall–Kier alpha value is -3.14. The minimum Gasteiger partial charge on any atom is -0.367 e. The first-order valence-electron chi connectivity index (χ1n) is 8.35. The molecule has 0 spiro atoms. The van der Waals surface area contributed by atoms with Crippen molar-refractivity contribution in [2.24, 2.45) is 0 Å². The molecule has 25 heavy (non-hydrogen) atoms. The Morgan fingerprint density at radius 1 is 1.04 bits per heavy atom.